The maximum absolute atomic E-state index is 11.5. The highest BCUT2D eigenvalue weighted by atomic mass is 32.3. The van der Waals surface area contributed by atoms with Gasteiger partial charge >= 0.3 is 10.4 Å². The average molecular weight is 422 g/mol. The molecule has 0 bridgehead atoms. The fourth-order valence-electron chi connectivity index (χ4n) is 3.35. The van der Waals surface area contributed by atoms with Gasteiger partial charge in [0, 0.05) is 6.54 Å². The van der Waals surface area contributed by atoms with Crippen LogP contribution in [0.15, 0.2) is 0 Å². The van der Waals surface area contributed by atoms with Crippen molar-refractivity contribution in [2.24, 2.45) is 11.1 Å². The standard InChI is InChI=1S/C22H47NO4S/c1-4-5-6-7-8-9-10-11-12-13-14-15-16-17-22(2,3)18-20-26-28(24,25)27-21-19-23/h4-21,23H2,1-3H3. The molecule has 0 heterocycles. The van der Waals surface area contributed by atoms with Gasteiger partial charge in [0.1, 0.15) is 0 Å². The largest absolute Gasteiger partial charge is 0.399 e. The molecule has 5 nitrogen and oxygen atoms in total. The van der Waals surface area contributed by atoms with E-state index in [1.54, 1.807) is 0 Å². The van der Waals surface area contributed by atoms with Crippen LogP contribution >= 0.6 is 0 Å². The van der Waals surface area contributed by atoms with E-state index < -0.39 is 10.4 Å². The zero-order valence-corrected chi connectivity index (χ0v) is 19.7. The lowest BCUT2D eigenvalue weighted by Gasteiger charge is -2.24. The molecule has 0 fully saturated rings. The molecule has 28 heavy (non-hydrogen) atoms. The Hall–Kier alpha value is -0.170. The Bertz CT molecular complexity index is 438. The lowest BCUT2D eigenvalue weighted by atomic mass is 9.84. The summed E-state index contributed by atoms with van der Waals surface area (Å²) in [5.74, 6) is 0. The SMILES string of the molecule is CCCCCCCCCCCCCCCC(C)(C)CCOS(=O)(=O)OCCN. The molecular formula is C22H47NO4S. The Labute approximate surface area is 175 Å². The predicted molar refractivity (Wildman–Crippen MR) is 119 cm³/mol. The molecule has 0 unspecified atom stereocenters. The fraction of sp³-hybridized carbons (Fsp3) is 1.00. The molecule has 170 valence electrons. The quantitative estimate of drug-likeness (QED) is 0.226. The molecule has 0 rings (SSSR count). The maximum Gasteiger partial charge on any atom is 0.399 e. The van der Waals surface area contributed by atoms with Crippen LogP contribution in [0.4, 0.5) is 0 Å². The van der Waals surface area contributed by atoms with E-state index in [2.05, 4.69) is 25.0 Å². The Kier molecular flexibility index (Phi) is 17.6. The normalized spacial score (nSPS) is 12.6. The molecule has 0 aromatic carbocycles. The third-order valence-corrected chi connectivity index (χ3v) is 6.22. The van der Waals surface area contributed by atoms with Crippen LogP contribution in [0.2, 0.25) is 0 Å². The third-order valence-electron chi connectivity index (χ3n) is 5.31. The lowest BCUT2D eigenvalue weighted by molar-refractivity contribution is 0.179. The van der Waals surface area contributed by atoms with Gasteiger partial charge in [-0.25, -0.2) is 8.37 Å². The second kappa shape index (κ2) is 17.7. The van der Waals surface area contributed by atoms with Crippen LogP contribution in [-0.4, -0.2) is 28.2 Å². The van der Waals surface area contributed by atoms with E-state index >= 15 is 0 Å². The molecule has 0 saturated carbocycles. The van der Waals surface area contributed by atoms with Crippen LogP contribution < -0.4 is 5.73 Å². The molecule has 0 aliphatic heterocycles. The van der Waals surface area contributed by atoms with Gasteiger partial charge in [-0.2, -0.15) is 8.42 Å². The van der Waals surface area contributed by atoms with Crippen LogP contribution in [0.3, 0.4) is 0 Å². The Morgan fingerprint density at radius 1 is 0.679 bits per heavy atom. The Morgan fingerprint density at radius 2 is 1.11 bits per heavy atom. The minimum Gasteiger partial charge on any atom is -0.328 e. The minimum absolute atomic E-state index is 0.0370. The fourth-order valence-corrected chi connectivity index (χ4v) is 4.01. The first kappa shape index (κ1) is 27.8. The molecule has 0 saturated heterocycles. The predicted octanol–water partition coefficient (Wildman–Crippen LogP) is 6.12. The molecule has 0 aliphatic rings. The van der Waals surface area contributed by atoms with Gasteiger partial charge in [-0.05, 0) is 18.3 Å². The van der Waals surface area contributed by atoms with Crippen molar-refractivity contribution in [1.29, 1.82) is 0 Å². The van der Waals surface area contributed by atoms with E-state index in [4.69, 9.17) is 9.92 Å². The topological polar surface area (TPSA) is 78.6 Å². The number of unbranched alkanes of at least 4 members (excludes halogenated alkanes) is 12. The van der Waals surface area contributed by atoms with Crippen LogP contribution in [0, 0.1) is 5.41 Å². The Morgan fingerprint density at radius 3 is 1.57 bits per heavy atom. The molecule has 0 aliphatic carbocycles. The molecule has 0 radical (unpaired) electrons. The zero-order valence-electron chi connectivity index (χ0n) is 18.8. The van der Waals surface area contributed by atoms with E-state index in [1.165, 1.54) is 83.5 Å². The number of hydrogen-bond acceptors (Lipinski definition) is 5. The highest BCUT2D eigenvalue weighted by Gasteiger charge is 2.19. The monoisotopic (exact) mass is 421 g/mol. The van der Waals surface area contributed by atoms with Crippen LogP contribution in [0.1, 0.15) is 117 Å². The van der Waals surface area contributed by atoms with Crippen molar-refractivity contribution in [1.82, 2.24) is 0 Å². The molecule has 0 spiro atoms. The van der Waals surface area contributed by atoms with E-state index in [-0.39, 0.29) is 25.2 Å². The van der Waals surface area contributed by atoms with E-state index in [0.717, 1.165) is 6.42 Å². The van der Waals surface area contributed by atoms with Gasteiger partial charge in [-0.15, -0.1) is 0 Å². The van der Waals surface area contributed by atoms with Crippen LogP contribution in [0.25, 0.3) is 0 Å². The van der Waals surface area contributed by atoms with Crippen molar-refractivity contribution >= 4 is 10.4 Å². The first-order chi connectivity index (χ1) is 13.3. The zero-order chi connectivity index (χ0) is 21.1. The third kappa shape index (κ3) is 19.2. The van der Waals surface area contributed by atoms with Crippen molar-refractivity contribution in [2.45, 2.75) is 117 Å². The van der Waals surface area contributed by atoms with E-state index in [9.17, 15) is 8.42 Å². The number of rotatable bonds is 21. The van der Waals surface area contributed by atoms with E-state index in [1.807, 2.05) is 0 Å². The van der Waals surface area contributed by atoms with Gasteiger partial charge in [0.15, 0.2) is 0 Å². The molecule has 6 heteroatoms. The van der Waals surface area contributed by atoms with Crippen molar-refractivity contribution < 1.29 is 16.8 Å². The molecule has 0 aromatic rings. The summed E-state index contributed by atoms with van der Waals surface area (Å²) in [6.45, 7) is 6.90. The minimum atomic E-state index is -3.89. The van der Waals surface area contributed by atoms with Gasteiger partial charge in [-0.1, -0.05) is 104 Å². The molecule has 2 N–H and O–H groups in total. The highest BCUT2D eigenvalue weighted by Crippen LogP contribution is 2.28. The molecule has 0 amide bonds. The maximum atomic E-state index is 11.5. The summed E-state index contributed by atoms with van der Waals surface area (Å²) in [7, 11) is -3.89. The van der Waals surface area contributed by atoms with Gasteiger partial charge in [0.25, 0.3) is 0 Å². The smallest absolute Gasteiger partial charge is 0.328 e. The summed E-state index contributed by atoms with van der Waals surface area (Å²) >= 11 is 0. The average Bonchev–Trinajstić information content (AvgIpc) is 2.63. The number of hydrogen-bond donors (Lipinski definition) is 1. The van der Waals surface area contributed by atoms with Crippen molar-refractivity contribution in [3.8, 4) is 0 Å². The summed E-state index contributed by atoms with van der Waals surface area (Å²) in [5.41, 5.74) is 5.31. The van der Waals surface area contributed by atoms with Crippen molar-refractivity contribution in [3.05, 3.63) is 0 Å². The van der Waals surface area contributed by atoms with Gasteiger partial charge < -0.3 is 5.73 Å². The van der Waals surface area contributed by atoms with Crippen molar-refractivity contribution in [3.63, 3.8) is 0 Å². The van der Waals surface area contributed by atoms with Gasteiger partial charge in [0.2, 0.25) is 0 Å². The van der Waals surface area contributed by atoms with Crippen molar-refractivity contribution in [2.75, 3.05) is 19.8 Å². The molecule has 0 atom stereocenters. The second-order valence-corrected chi connectivity index (χ2v) is 10.0. The lowest BCUT2D eigenvalue weighted by Crippen LogP contribution is -2.20. The Balaban J connectivity index is 3.51. The summed E-state index contributed by atoms with van der Waals surface area (Å²) in [6.07, 6.45) is 19.4. The van der Waals surface area contributed by atoms with E-state index in [0.29, 0.717) is 6.42 Å². The van der Waals surface area contributed by atoms with Crippen LogP contribution in [0.5, 0.6) is 0 Å². The van der Waals surface area contributed by atoms with Gasteiger partial charge in [-0.3, -0.25) is 0 Å². The highest BCUT2D eigenvalue weighted by molar-refractivity contribution is 7.81. The summed E-state index contributed by atoms with van der Waals surface area (Å²) in [4.78, 5) is 0. The number of nitrogens with two attached hydrogens (primary N) is 1. The van der Waals surface area contributed by atoms with Gasteiger partial charge in [0.05, 0.1) is 13.2 Å². The summed E-state index contributed by atoms with van der Waals surface area (Å²) in [6, 6.07) is 0. The molecular weight excluding hydrogens is 374 g/mol. The second-order valence-electron chi connectivity index (χ2n) is 8.75. The first-order valence-corrected chi connectivity index (χ1v) is 12.9. The summed E-state index contributed by atoms with van der Waals surface area (Å²) in [5, 5.41) is 0. The van der Waals surface area contributed by atoms with Crippen LogP contribution in [-0.2, 0) is 18.8 Å². The molecule has 0 aromatic heterocycles. The summed E-state index contributed by atoms with van der Waals surface area (Å²) < 4.78 is 32.4. The first-order valence-electron chi connectivity index (χ1n) is 11.6.